The number of rotatable bonds is 3. The van der Waals surface area contributed by atoms with E-state index in [1.165, 1.54) is 6.07 Å². The van der Waals surface area contributed by atoms with E-state index < -0.39 is 32.2 Å². The van der Waals surface area contributed by atoms with Gasteiger partial charge in [0.05, 0.1) is 10.5 Å². The Morgan fingerprint density at radius 2 is 1.75 bits per heavy atom. The largest absolute Gasteiger partial charge is 0.417 e. The molecule has 0 radical (unpaired) electrons. The first-order valence-corrected chi connectivity index (χ1v) is 5.77. The number of sulfone groups is 1. The van der Waals surface area contributed by atoms with Gasteiger partial charge in [0.1, 0.15) is 12.0 Å². The van der Waals surface area contributed by atoms with Crippen molar-refractivity contribution in [2.24, 2.45) is 0 Å². The first kappa shape index (κ1) is 12.7. The maximum atomic E-state index is 12.5. The molecule has 88 valence electrons. The third-order valence-electron chi connectivity index (χ3n) is 1.81. The van der Waals surface area contributed by atoms with Crippen LogP contribution >= 0.6 is 0 Å². The van der Waals surface area contributed by atoms with Crippen molar-refractivity contribution in [2.75, 3.05) is 5.75 Å². The third kappa shape index (κ3) is 2.60. The molecule has 0 aliphatic rings. The molecule has 3 nitrogen and oxygen atoms in total. The zero-order valence-corrected chi connectivity index (χ0v) is 8.68. The summed E-state index contributed by atoms with van der Waals surface area (Å²) in [5.41, 5.74) is -1.25. The van der Waals surface area contributed by atoms with Crippen LogP contribution in [-0.4, -0.2) is 20.5 Å². The predicted octanol–water partition coefficient (Wildman–Crippen LogP) is 1.68. The van der Waals surface area contributed by atoms with E-state index in [4.69, 9.17) is 0 Å². The molecule has 0 unspecified atom stereocenters. The highest BCUT2D eigenvalue weighted by atomic mass is 32.2. The van der Waals surface area contributed by atoms with Crippen LogP contribution < -0.4 is 0 Å². The second-order valence-electron chi connectivity index (χ2n) is 2.94. The summed E-state index contributed by atoms with van der Waals surface area (Å²) in [6.45, 7) is 0. The van der Waals surface area contributed by atoms with E-state index in [-0.39, 0.29) is 6.29 Å². The second kappa shape index (κ2) is 4.25. The highest BCUT2D eigenvalue weighted by Gasteiger charge is 2.36. The predicted molar refractivity (Wildman–Crippen MR) is 49.6 cm³/mol. The van der Waals surface area contributed by atoms with Gasteiger partial charge in [0.15, 0.2) is 9.84 Å². The Morgan fingerprint density at radius 3 is 2.25 bits per heavy atom. The van der Waals surface area contributed by atoms with Gasteiger partial charge in [-0.3, -0.25) is 0 Å². The van der Waals surface area contributed by atoms with Crippen molar-refractivity contribution in [2.45, 2.75) is 11.1 Å². The Bertz CT molecular complexity index is 491. The molecule has 0 atom stereocenters. The van der Waals surface area contributed by atoms with Crippen LogP contribution in [0.25, 0.3) is 0 Å². The number of alkyl halides is 3. The van der Waals surface area contributed by atoms with Gasteiger partial charge in [-0.1, -0.05) is 12.1 Å². The number of hydrogen-bond acceptors (Lipinski definition) is 3. The minimum Gasteiger partial charge on any atom is -0.302 e. The number of aldehydes is 1. The molecule has 1 rings (SSSR count). The van der Waals surface area contributed by atoms with E-state index in [0.717, 1.165) is 12.1 Å². The van der Waals surface area contributed by atoms with Crippen molar-refractivity contribution in [3.05, 3.63) is 29.8 Å². The second-order valence-corrected chi connectivity index (χ2v) is 4.94. The molecule has 0 N–H and O–H groups in total. The molecule has 0 spiro atoms. The fourth-order valence-electron chi connectivity index (χ4n) is 1.15. The summed E-state index contributed by atoms with van der Waals surface area (Å²) in [5.74, 6) is -0.958. The Kier molecular flexibility index (Phi) is 3.37. The van der Waals surface area contributed by atoms with Crippen molar-refractivity contribution in [1.82, 2.24) is 0 Å². The van der Waals surface area contributed by atoms with E-state index in [2.05, 4.69) is 0 Å². The van der Waals surface area contributed by atoms with Gasteiger partial charge in [0.25, 0.3) is 0 Å². The summed E-state index contributed by atoms with van der Waals surface area (Å²) in [6.07, 6.45) is -4.70. The van der Waals surface area contributed by atoms with Gasteiger partial charge in [-0.05, 0) is 12.1 Å². The summed E-state index contributed by atoms with van der Waals surface area (Å²) in [6, 6.07) is 3.76. The van der Waals surface area contributed by atoms with Gasteiger partial charge >= 0.3 is 6.18 Å². The summed E-state index contributed by atoms with van der Waals surface area (Å²) >= 11 is 0. The fourth-order valence-corrected chi connectivity index (χ4v) is 2.31. The quantitative estimate of drug-likeness (QED) is 0.769. The van der Waals surface area contributed by atoms with E-state index >= 15 is 0 Å². The van der Waals surface area contributed by atoms with Crippen LogP contribution in [0.1, 0.15) is 5.56 Å². The molecule has 0 bridgehead atoms. The number of carbonyl (C=O) groups excluding carboxylic acids is 1. The molecule has 16 heavy (non-hydrogen) atoms. The monoisotopic (exact) mass is 252 g/mol. The molecular weight excluding hydrogens is 245 g/mol. The summed E-state index contributed by atoms with van der Waals surface area (Å²) < 4.78 is 60.1. The lowest BCUT2D eigenvalue weighted by molar-refractivity contribution is -0.139. The van der Waals surface area contributed by atoms with Crippen LogP contribution in [-0.2, 0) is 20.8 Å². The first-order chi connectivity index (χ1) is 7.29. The van der Waals surface area contributed by atoms with Crippen LogP contribution in [0.3, 0.4) is 0 Å². The first-order valence-electron chi connectivity index (χ1n) is 4.11. The van der Waals surface area contributed by atoms with Gasteiger partial charge in [-0.2, -0.15) is 13.2 Å². The lowest BCUT2D eigenvalue weighted by atomic mass is 10.2. The normalized spacial score (nSPS) is 12.4. The Labute approximate surface area is 89.8 Å². The summed E-state index contributed by atoms with van der Waals surface area (Å²) in [4.78, 5) is 9.23. The molecule has 0 amide bonds. The molecule has 0 fully saturated rings. The molecule has 0 saturated heterocycles. The van der Waals surface area contributed by atoms with Crippen molar-refractivity contribution < 1.29 is 26.4 Å². The number of carbonyl (C=O) groups is 1. The maximum absolute atomic E-state index is 12.5. The van der Waals surface area contributed by atoms with Crippen LogP contribution in [0.5, 0.6) is 0 Å². The molecule has 0 aromatic heterocycles. The van der Waals surface area contributed by atoms with Crippen molar-refractivity contribution in [1.29, 1.82) is 0 Å². The number of benzene rings is 1. The van der Waals surface area contributed by atoms with Gasteiger partial charge in [-0.25, -0.2) is 8.42 Å². The van der Waals surface area contributed by atoms with Crippen molar-refractivity contribution >= 4 is 16.1 Å². The lowest BCUT2D eigenvalue weighted by Crippen LogP contribution is -2.15. The molecule has 0 saturated carbocycles. The molecule has 7 heteroatoms. The van der Waals surface area contributed by atoms with Gasteiger partial charge in [-0.15, -0.1) is 0 Å². The van der Waals surface area contributed by atoms with E-state index in [9.17, 15) is 26.4 Å². The SMILES string of the molecule is O=CCS(=O)(=O)c1ccccc1C(F)(F)F. The lowest BCUT2D eigenvalue weighted by Gasteiger charge is -2.11. The van der Waals surface area contributed by atoms with Crippen molar-refractivity contribution in [3.8, 4) is 0 Å². The van der Waals surface area contributed by atoms with Crippen LogP contribution in [0.2, 0.25) is 0 Å². The van der Waals surface area contributed by atoms with Crippen LogP contribution in [0, 0.1) is 0 Å². The minimum absolute atomic E-state index is 0.0580. The van der Waals surface area contributed by atoms with E-state index in [1.807, 2.05) is 0 Å². The van der Waals surface area contributed by atoms with Crippen LogP contribution in [0.4, 0.5) is 13.2 Å². The van der Waals surface area contributed by atoms with Gasteiger partial charge in [0, 0.05) is 0 Å². The molecule has 0 aliphatic carbocycles. The minimum atomic E-state index is -4.76. The topological polar surface area (TPSA) is 51.2 Å². The van der Waals surface area contributed by atoms with E-state index in [1.54, 1.807) is 0 Å². The summed E-state index contributed by atoms with van der Waals surface area (Å²) in [5, 5.41) is 0. The highest BCUT2D eigenvalue weighted by Crippen LogP contribution is 2.34. The highest BCUT2D eigenvalue weighted by molar-refractivity contribution is 7.92. The smallest absolute Gasteiger partial charge is 0.302 e. The van der Waals surface area contributed by atoms with Crippen LogP contribution in [0.15, 0.2) is 29.2 Å². The fraction of sp³-hybridized carbons (Fsp3) is 0.222. The molecule has 1 aromatic carbocycles. The van der Waals surface area contributed by atoms with Crippen molar-refractivity contribution in [3.63, 3.8) is 0 Å². The maximum Gasteiger partial charge on any atom is 0.417 e. The average Bonchev–Trinajstić information content (AvgIpc) is 2.16. The zero-order chi connectivity index (χ0) is 12.4. The average molecular weight is 252 g/mol. The van der Waals surface area contributed by atoms with Gasteiger partial charge in [0.2, 0.25) is 0 Å². The van der Waals surface area contributed by atoms with Gasteiger partial charge < -0.3 is 4.79 Å². The standard InChI is InChI=1S/C9H7F3O3S/c10-9(11,12)7-3-1-2-4-8(7)16(14,15)6-5-13/h1-5H,6H2. The Balaban J connectivity index is 3.41. The zero-order valence-electron chi connectivity index (χ0n) is 7.86. The molecule has 1 aromatic rings. The Morgan fingerprint density at radius 1 is 1.19 bits per heavy atom. The molecule has 0 aliphatic heterocycles. The number of hydrogen-bond donors (Lipinski definition) is 0. The molecular formula is C9H7F3O3S. The Hall–Kier alpha value is -1.37. The molecule has 0 heterocycles. The summed E-state index contributed by atoms with van der Waals surface area (Å²) in [7, 11) is -4.21. The third-order valence-corrected chi connectivity index (χ3v) is 3.42. The number of halogens is 3. The van der Waals surface area contributed by atoms with E-state index in [0.29, 0.717) is 6.07 Å².